The lowest BCUT2D eigenvalue weighted by atomic mass is 10.2. The summed E-state index contributed by atoms with van der Waals surface area (Å²) in [6.45, 7) is 0. The van der Waals surface area contributed by atoms with E-state index in [1.807, 2.05) is 30.3 Å². The number of aryl methyl sites for hydroxylation is 1. The molecule has 0 aliphatic rings. The van der Waals surface area contributed by atoms with Crippen LogP contribution in [0.3, 0.4) is 0 Å². The molecule has 0 spiro atoms. The number of hydrogen-bond donors (Lipinski definition) is 1. The van der Waals surface area contributed by atoms with Crippen molar-refractivity contribution in [1.29, 1.82) is 0 Å². The minimum Gasteiger partial charge on any atom is -0.507 e. The summed E-state index contributed by atoms with van der Waals surface area (Å²) < 4.78 is 5.12. The van der Waals surface area contributed by atoms with Gasteiger partial charge in [-0.2, -0.15) is 0 Å². The molecular weight excluding hydrogens is 244 g/mol. The van der Waals surface area contributed by atoms with E-state index >= 15 is 0 Å². The fraction of sp³-hybridized carbons (Fsp3) is 0.200. The molecular formula is C15H16O2S. The van der Waals surface area contributed by atoms with Gasteiger partial charge in [-0.1, -0.05) is 24.3 Å². The highest BCUT2D eigenvalue weighted by Gasteiger charge is 2.00. The van der Waals surface area contributed by atoms with Crippen molar-refractivity contribution in [2.45, 2.75) is 11.3 Å². The van der Waals surface area contributed by atoms with Crippen LogP contribution in [-0.2, 0) is 6.42 Å². The molecule has 2 nitrogen and oxygen atoms in total. The van der Waals surface area contributed by atoms with Gasteiger partial charge in [-0.3, -0.25) is 0 Å². The number of thioether (sulfide) groups is 1. The summed E-state index contributed by atoms with van der Waals surface area (Å²) in [6, 6.07) is 15.5. The van der Waals surface area contributed by atoms with Gasteiger partial charge >= 0.3 is 0 Å². The molecule has 1 N–H and O–H groups in total. The number of benzene rings is 2. The first kappa shape index (κ1) is 12.8. The molecule has 0 unspecified atom stereocenters. The average Bonchev–Trinajstić information content (AvgIpc) is 2.42. The second-order valence-corrected chi connectivity index (χ2v) is 5.05. The minimum atomic E-state index is 0.359. The number of ether oxygens (including phenoxy) is 1. The SMILES string of the molecule is COc1ccc(CCSc2ccccc2O)cc1. The zero-order valence-electron chi connectivity index (χ0n) is 10.3. The van der Waals surface area contributed by atoms with Crippen molar-refractivity contribution in [3.05, 3.63) is 54.1 Å². The number of phenolic OH excluding ortho intramolecular Hbond substituents is 1. The summed E-state index contributed by atoms with van der Waals surface area (Å²) >= 11 is 1.67. The lowest BCUT2D eigenvalue weighted by molar-refractivity contribution is 0.414. The Labute approximate surface area is 112 Å². The molecule has 18 heavy (non-hydrogen) atoms. The van der Waals surface area contributed by atoms with Gasteiger partial charge in [0.2, 0.25) is 0 Å². The lowest BCUT2D eigenvalue weighted by Crippen LogP contribution is -1.89. The van der Waals surface area contributed by atoms with Crippen LogP contribution in [0.4, 0.5) is 0 Å². The van der Waals surface area contributed by atoms with Crippen LogP contribution in [0.1, 0.15) is 5.56 Å². The highest BCUT2D eigenvalue weighted by molar-refractivity contribution is 7.99. The van der Waals surface area contributed by atoms with Crippen molar-refractivity contribution in [3.63, 3.8) is 0 Å². The molecule has 0 saturated carbocycles. The molecule has 0 bridgehead atoms. The average molecular weight is 260 g/mol. The Balaban J connectivity index is 1.86. The van der Waals surface area contributed by atoms with Crippen LogP contribution in [0.2, 0.25) is 0 Å². The van der Waals surface area contributed by atoms with Crippen LogP contribution in [-0.4, -0.2) is 18.0 Å². The van der Waals surface area contributed by atoms with Crippen molar-refractivity contribution >= 4 is 11.8 Å². The van der Waals surface area contributed by atoms with Crippen LogP contribution in [0.5, 0.6) is 11.5 Å². The van der Waals surface area contributed by atoms with E-state index in [0.717, 1.165) is 22.8 Å². The molecule has 0 radical (unpaired) electrons. The van der Waals surface area contributed by atoms with Gasteiger partial charge in [-0.05, 0) is 36.2 Å². The normalized spacial score (nSPS) is 10.3. The van der Waals surface area contributed by atoms with Gasteiger partial charge in [0.15, 0.2) is 0 Å². The number of phenols is 1. The predicted octanol–water partition coefficient (Wildman–Crippen LogP) is 3.74. The number of aromatic hydroxyl groups is 1. The maximum Gasteiger partial charge on any atom is 0.129 e. The van der Waals surface area contributed by atoms with Crippen molar-refractivity contribution < 1.29 is 9.84 Å². The first-order chi connectivity index (χ1) is 8.79. The molecule has 2 aromatic carbocycles. The van der Waals surface area contributed by atoms with E-state index in [1.54, 1.807) is 24.9 Å². The Hall–Kier alpha value is -1.61. The molecule has 0 fully saturated rings. The predicted molar refractivity (Wildman–Crippen MR) is 75.5 cm³/mol. The minimum absolute atomic E-state index is 0.359. The van der Waals surface area contributed by atoms with E-state index in [-0.39, 0.29) is 0 Å². The second-order valence-electron chi connectivity index (χ2n) is 3.91. The zero-order valence-corrected chi connectivity index (χ0v) is 11.1. The summed E-state index contributed by atoms with van der Waals surface area (Å²) in [5, 5.41) is 9.64. The van der Waals surface area contributed by atoms with Crippen molar-refractivity contribution in [2.24, 2.45) is 0 Å². The van der Waals surface area contributed by atoms with E-state index in [1.165, 1.54) is 5.56 Å². The fourth-order valence-electron chi connectivity index (χ4n) is 1.65. The van der Waals surface area contributed by atoms with E-state index in [0.29, 0.717) is 5.75 Å². The van der Waals surface area contributed by atoms with Crippen LogP contribution in [0.25, 0.3) is 0 Å². The third-order valence-corrected chi connectivity index (χ3v) is 3.74. The summed E-state index contributed by atoms with van der Waals surface area (Å²) in [7, 11) is 1.67. The molecule has 0 heterocycles. The fourth-order valence-corrected chi connectivity index (χ4v) is 2.60. The second kappa shape index (κ2) is 6.36. The van der Waals surface area contributed by atoms with E-state index in [2.05, 4.69) is 12.1 Å². The highest BCUT2D eigenvalue weighted by atomic mass is 32.2. The van der Waals surface area contributed by atoms with Crippen LogP contribution in [0, 0.1) is 0 Å². The Bertz CT molecular complexity index is 494. The molecule has 2 rings (SSSR count). The molecule has 0 saturated heterocycles. The molecule has 0 aliphatic carbocycles. The third kappa shape index (κ3) is 3.44. The Morgan fingerprint density at radius 2 is 1.78 bits per heavy atom. The molecule has 0 aliphatic heterocycles. The number of methoxy groups -OCH3 is 1. The first-order valence-corrected chi connectivity index (χ1v) is 6.82. The summed E-state index contributed by atoms with van der Waals surface area (Å²) in [6.07, 6.45) is 0.975. The van der Waals surface area contributed by atoms with E-state index in [4.69, 9.17) is 4.74 Å². The van der Waals surface area contributed by atoms with Crippen LogP contribution in [0.15, 0.2) is 53.4 Å². The standard InChI is InChI=1S/C15H16O2S/c1-17-13-8-6-12(7-9-13)10-11-18-15-5-3-2-4-14(15)16/h2-9,16H,10-11H2,1H3. The Kier molecular flexibility index (Phi) is 4.53. The zero-order chi connectivity index (χ0) is 12.8. The van der Waals surface area contributed by atoms with Gasteiger partial charge < -0.3 is 9.84 Å². The molecule has 0 aromatic heterocycles. The van der Waals surface area contributed by atoms with E-state index in [9.17, 15) is 5.11 Å². The highest BCUT2D eigenvalue weighted by Crippen LogP contribution is 2.28. The molecule has 2 aromatic rings. The molecule has 0 atom stereocenters. The first-order valence-electron chi connectivity index (χ1n) is 5.83. The smallest absolute Gasteiger partial charge is 0.129 e. The molecule has 0 amide bonds. The van der Waals surface area contributed by atoms with E-state index < -0.39 is 0 Å². The van der Waals surface area contributed by atoms with Crippen LogP contribution < -0.4 is 4.74 Å². The van der Waals surface area contributed by atoms with Crippen LogP contribution >= 0.6 is 11.8 Å². The van der Waals surface area contributed by atoms with Gasteiger partial charge in [0.05, 0.1) is 7.11 Å². The summed E-state index contributed by atoms with van der Waals surface area (Å²) in [5.41, 5.74) is 1.28. The van der Waals surface area contributed by atoms with Crippen molar-refractivity contribution in [1.82, 2.24) is 0 Å². The Morgan fingerprint density at radius 1 is 1.06 bits per heavy atom. The molecule has 3 heteroatoms. The van der Waals surface area contributed by atoms with Crippen molar-refractivity contribution in [3.8, 4) is 11.5 Å². The number of para-hydroxylation sites is 1. The summed E-state index contributed by atoms with van der Waals surface area (Å²) in [5.74, 6) is 2.19. The number of hydrogen-bond acceptors (Lipinski definition) is 3. The summed E-state index contributed by atoms with van der Waals surface area (Å²) in [4.78, 5) is 0.936. The lowest BCUT2D eigenvalue weighted by Gasteiger charge is -2.05. The monoisotopic (exact) mass is 260 g/mol. The van der Waals surface area contributed by atoms with Gasteiger partial charge in [-0.15, -0.1) is 11.8 Å². The number of rotatable bonds is 5. The van der Waals surface area contributed by atoms with Gasteiger partial charge in [0.1, 0.15) is 11.5 Å². The maximum atomic E-state index is 9.64. The van der Waals surface area contributed by atoms with Gasteiger partial charge in [0.25, 0.3) is 0 Å². The van der Waals surface area contributed by atoms with Gasteiger partial charge in [-0.25, -0.2) is 0 Å². The quantitative estimate of drug-likeness (QED) is 0.830. The largest absolute Gasteiger partial charge is 0.507 e. The van der Waals surface area contributed by atoms with Gasteiger partial charge in [0, 0.05) is 10.6 Å². The maximum absolute atomic E-state index is 9.64. The third-order valence-electron chi connectivity index (χ3n) is 2.67. The molecule has 94 valence electrons. The topological polar surface area (TPSA) is 29.5 Å². The Morgan fingerprint density at radius 3 is 2.44 bits per heavy atom. The van der Waals surface area contributed by atoms with Crippen molar-refractivity contribution in [2.75, 3.05) is 12.9 Å².